The van der Waals surface area contributed by atoms with Crippen LogP contribution >= 0.6 is 0 Å². The van der Waals surface area contributed by atoms with E-state index in [1.165, 1.54) is 20.3 Å². The molecule has 1 aromatic carbocycles. The lowest BCUT2D eigenvalue weighted by Crippen LogP contribution is -2.37. The van der Waals surface area contributed by atoms with Crippen molar-refractivity contribution in [3.05, 3.63) is 35.9 Å². The molecule has 2 aliphatic rings. The highest BCUT2D eigenvalue weighted by atomic mass is 16.5. The molecule has 0 bridgehead atoms. The molecule has 1 aliphatic heterocycles. The normalized spacial score (nSPS) is 20.7. The highest BCUT2D eigenvalue weighted by Crippen LogP contribution is 2.34. The number of ketones is 1. The first-order valence-corrected chi connectivity index (χ1v) is 8.87. The van der Waals surface area contributed by atoms with Crippen LogP contribution in [-0.2, 0) is 19.1 Å². The number of carbonyl (C=O) groups is 4. The molecule has 1 fully saturated rings. The van der Waals surface area contributed by atoms with E-state index in [-0.39, 0.29) is 17.4 Å². The Hall–Kier alpha value is -3.16. The van der Waals surface area contributed by atoms with E-state index < -0.39 is 36.7 Å². The van der Waals surface area contributed by atoms with Gasteiger partial charge in [-0.1, -0.05) is 12.2 Å². The van der Waals surface area contributed by atoms with E-state index in [0.29, 0.717) is 24.3 Å². The second-order valence-electron chi connectivity index (χ2n) is 6.57. The lowest BCUT2D eigenvalue weighted by Gasteiger charge is -2.14. The van der Waals surface area contributed by atoms with Gasteiger partial charge in [-0.15, -0.1) is 0 Å². The van der Waals surface area contributed by atoms with Crippen molar-refractivity contribution in [1.82, 2.24) is 4.90 Å². The molecule has 2 atom stereocenters. The number of allylic oxidation sites excluding steroid dienone is 2. The third-order valence-corrected chi connectivity index (χ3v) is 4.96. The summed E-state index contributed by atoms with van der Waals surface area (Å²) in [5.74, 6) is -2.07. The van der Waals surface area contributed by atoms with Crippen LogP contribution in [-0.4, -0.2) is 55.8 Å². The molecule has 0 saturated carbocycles. The van der Waals surface area contributed by atoms with Crippen molar-refractivity contribution in [3.63, 3.8) is 0 Å². The number of amides is 2. The number of benzene rings is 1. The van der Waals surface area contributed by atoms with E-state index in [9.17, 15) is 19.2 Å². The number of hydrogen-bond acceptors (Lipinski definition) is 7. The monoisotopic (exact) mass is 387 g/mol. The third kappa shape index (κ3) is 3.76. The zero-order valence-electron chi connectivity index (χ0n) is 15.7. The average molecular weight is 387 g/mol. The number of methoxy groups -OCH3 is 2. The predicted molar refractivity (Wildman–Crippen MR) is 96.9 cm³/mol. The smallest absolute Gasteiger partial charge is 0.326 e. The summed E-state index contributed by atoms with van der Waals surface area (Å²) in [6, 6.07) is 4.70. The standard InChI is InChI=1S/C20H21NO7/c1-26-12-7-8-17(27-2)15(9-12)16(22)11-28-18(23)10-21-19(24)13-5-3-4-6-14(13)20(21)25/h3-4,7-9,13-14H,5-6,10-11H2,1-2H3/t13-,14-/m1/s1. The van der Waals surface area contributed by atoms with E-state index in [2.05, 4.69) is 0 Å². The van der Waals surface area contributed by atoms with Gasteiger partial charge in [0.15, 0.2) is 6.61 Å². The van der Waals surface area contributed by atoms with Crippen molar-refractivity contribution in [2.75, 3.05) is 27.4 Å². The zero-order chi connectivity index (χ0) is 20.3. The molecule has 1 saturated heterocycles. The molecule has 0 aromatic heterocycles. The Bertz CT molecular complexity index is 819. The van der Waals surface area contributed by atoms with Crippen molar-refractivity contribution in [3.8, 4) is 11.5 Å². The van der Waals surface area contributed by atoms with Crippen LogP contribution in [0.1, 0.15) is 23.2 Å². The molecule has 0 N–H and O–H groups in total. The summed E-state index contributed by atoms with van der Waals surface area (Å²) in [4.78, 5) is 50.2. The van der Waals surface area contributed by atoms with Crippen molar-refractivity contribution in [2.45, 2.75) is 12.8 Å². The predicted octanol–water partition coefficient (Wildman–Crippen LogP) is 1.38. The number of esters is 1. The minimum atomic E-state index is -0.816. The topological polar surface area (TPSA) is 99.2 Å². The fraction of sp³-hybridized carbons (Fsp3) is 0.400. The molecule has 148 valence electrons. The van der Waals surface area contributed by atoms with Gasteiger partial charge in [-0.25, -0.2) is 0 Å². The molecule has 0 spiro atoms. The lowest BCUT2D eigenvalue weighted by molar-refractivity contribution is -0.152. The fourth-order valence-corrected chi connectivity index (χ4v) is 3.46. The highest BCUT2D eigenvalue weighted by molar-refractivity contribution is 6.07. The number of imide groups is 1. The Morgan fingerprint density at radius 3 is 2.25 bits per heavy atom. The summed E-state index contributed by atoms with van der Waals surface area (Å²) >= 11 is 0. The van der Waals surface area contributed by atoms with Gasteiger partial charge in [0.1, 0.15) is 18.0 Å². The molecule has 8 nitrogen and oxygen atoms in total. The Morgan fingerprint density at radius 2 is 1.68 bits per heavy atom. The van der Waals surface area contributed by atoms with Crippen LogP contribution in [0.5, 0.6) is 11.5 Å². The summed E-state index contributed by atoms with van der Waals surface area (Å²) in [5.41, 5.74) is 0.208. The molecular formula is C20H21NO7. The second kappa shape index (κ2) is 8.24. The SMILES string of the molecule is COc1ccc(OC)c(C(=O)COC(=O)CN2C(=O)[C@@H]3CC=CC[C@H]3C2=O)c1. The van der Waals surface area contributed by atoms with E-state index in [1.54, 1.807) is 12.1 Å². The van der Waals surface area contributed by atoms with E-state index >= 15 is 0 Å². The molecular weight excluding hydrogens is 366 g/mol. The first-order chi connectivity index (χ1) is 13.5. The van der Waals surface area contributed by atoms with Crippen molar-refractivity contribution in [2.24, 2.45) is 11.8 Å². The summed E-state index contributed by atoms with van der Waals surface area (Å²) in [7, 11) is 2.89. The Morgan fingerprint density at radius 1 is 1.04 bits per heavy atom. The largest absolute Gasteiger partial charge is 0.497 e. The molecule has 0 unspecified atom stereocenters. The minimum absolute atomic E-state index is 0.208. The summed E-state index contributed by atoms with van der Waals surface area (Å²) < 4.78 is 15.2. The van der Waals surface area contributed by atoms with Gasteiger partial charge in [-0.05, 0) is 31.0 Å². The Labute approximate surface area is 162 Å². The molecule has 3 rings (SSSR count). The summed E-state index contributed by atoms with van der Waals surface area (Å²) in [5, 5.41) is 0. The number of hydrogen-bond donors (Lipinski definition) is 0. The van der Waals surface area contributed by atoms with Crippen LogP contribution in [0.2, 0.25) is 0 Å². The number of ether oxygens (including phenoxy) is 3. The van der Waals surface area contributed by atoms with E-state index in [1.807, 2.05) is 12.2 Å². The molecule has 2 amide bonds. The second-order valence-corrected chi connectivity index (χ2v) is 6.57. The number of nitrogens with zero attached hydrogens (tertiary/aromatic N) is 1. The number of Topliss-reactive ketones (excluding diaryl/α,β-unsaturated/α-hetero) is 1. The summed E-state index contributed by atoms with van der Waals surface area (Å²) in [6.45, 7) is -1.03. The van der Waals surface area contributed by atoms with Gasteiger partial charge in [-0.3, -0.25) is 24.1 Å². The summed E-state index contributed by atoms with van der Waals surface area (Å²) in [6.07, 6.45) is 4.73. The molecule has 1 aliphatic carbocycles. The van der Waals surface area contributed by atoms with Gasteiger partial charge in [0.2, 0.25) is 17.6 Å². The molecule has 1 aromatic rings. The van der Waals surface area contributed by atoms with Crippen LogP contribution in [0.25, 0.3) is 0 Å². The van der Waals surface area contributed by atoms with E-state index in [0.717, 1.165) is 4.90 Å². The van der Waals surface area contributed by atoms with Crippen LogP contribution in [0.4, 0.5) is 0 Å². The number of fused-ring (bicyclic) bond motifs is 1. The first kappa shape index (κ1) is 19.6. The molecule has 8 heteroatoms. The maximum Gasteiger partial charge on any atom is 0.326 e. The van der Waals surface area contributed by atoms with Gasteiger partial charge in [-0.2, -0.15) is 0 Å². The quantitative estimate of drug-likeness (QED) is 0.302. The van der Waals surface area contributed by atoms with Gasteiger partial charge >= 0.3 is 5.97 Å². The van der Waals surface area contributed by atoms with Crippen molar-refractivity contribution in [1.29, 1.82) is 0 Å². The first-order valence-electron chi connectivity index (χ1n) is 8.87. The lowest BCUT2D eigenvalue weighted by atomic mass is 9.85. The molecule has 0 radical (unpaired) electrons. The van der Waals surface area contributed by atoms with E-state index in [4.69, 9.17) is 14.2 Å². The number of carbonyl (C=O) groups excluding carboxylic acids is 4. The van der Waals surface area contributed by atoms with Gasteiger partial charge in [0.05, 0.1) is 31.6 Å². The van der Waals surface area contributed by atoms with Crippen LogP contribution in [0.15, 0.2) is 30.4 Å². The van der Waals surface area contributed by atoms with Gasteiger partial charge in [0.25, 0.3) is 0 Å². The fourth-order valence-electron chi connectivity index (χ4n) is 3.46. The Balaban J connectivity index is 1.60. The maximum atomic E-state index is 12.4. The average Bonchev–Trinajstić information content (AvgIpc) is 2.96. The molecule has 28 heavy (non-hydrogen) atoms. The number of rotatable bonds is 7. The molecule has 1 heterocycles. The number of likely N-dealkylation sites (tertiary alicyclic amines) is 1. The zero-order valence-corrected chi connectivity index (χ0v) is 15.7. The van der Waals surface area contributed by atoms with Gasteiger partial charge in [0, 0.05) is 0 Å². The minimum Gasteiger partial charge on any atom is -0.497 e. The third-order valence-electron chi connectivity index (χ3n) is 4.96. The van der Waals surface area contributed by atoms with Gasteiger partial charge < -0.3 is 14.2 Å². The maximum absolute atomic E-state index is 12.4. The van der Waals surface area contributed by atoms with Crippen LogP contribution in [0, 0.1) is 11.8 Å². The van der Waals surface area contributed by atoms with Crippen LogP contribution in [0.3, 0.4) is 0 Å². The van der Waals surface area contributed by atoms with Crippen LogP contribution < -0.4 is 9.47 Å². The Kier molecular flexibility index (Phi) is 5.77. The van der Waals surface area contributed by atoms with Crippen molar-refractivity contribution >= 4 is 23.6 Å². The van der Waals surface area contributed by atoms with Crippen molar-refractivity contribution < 1.29 is 33.4 Å². The highest BCUT2D eigenvalue weighted by Gasteiger charge is 2.47.